The second-order valence-corrected chi connectivity index (χ2v) is 7.75. The Labute approximate surface area is 160 Å². The van der Waals surface area contributed by atoms with Crippen LogP contribution >= 0.6 is 0 Å². The number of carbonyl (C=O) groups excluding carboxylic acids is 1. The van der Waals surface area contributed by atoms with Gasteiger partial charge in [-0.2, -0.15) is 5.10 Å². The smallest absolute Gasteiger partial charge is 0.338 e. The lowest BCUT2D eigenvalue weighted by molar-refractivity contribution is 0.0599. The third-order valence-electron chi connectivity index (χ3n) is 6.27. The third kappa shape index (κ3) is 3.63. The molecule has 2 fully saturated rings. The first kappa shape index (κ1) is 18.2. The molecule has 0 radical (unpaired) electrons. The summed E-state index contributed by atoms with van der Waals surface area (Å²) in [6.45, 7) is 4.49. The highest BCUT2D eigenvalue weighted by Crippen LogP contribution is 2.31. The number of aromatic nitrogens is 3. The van der Waals surface area contributed by atoms with Crippen LogP contribution in [0.4, 0.5) is 0 Å². The van der Waals surface area contributed by atoms with Crippen molar-refractivity contribution in [2.45, 2.75) is 57.5 Å². The molecule has 0 unspecified atom stereocenters. The number of piperidine rings is 1. The molecule has 1 saturated carbocycles. The Morgan fingerprint density at radius 1 is 1.15 bits per heavy atom. The van der Waals surface area contributed by atoms with Crippen LogP contribution in [0.2, 0.25) is 0 Å². The number of ether oxygens (including phenoxy) is 1. The highest BCUT2D eigenvalue weighted by Gasteiger charge is 2.30. The van der Waals surface area contributed by atoms with E-state index in [0.29, 0.717) is 18.0 Å². The van der Waals surface area contributed by atoms with Crippen LogP contribution in [0, 0.1) is 6.92 Å². The largest absolute Gasteiger partial charge is 0.465 e. The average Bonchev–Trinajstić information content (AvgIpc) is 3.01. The van der Waals surface area contributed by atoms with E-state index in [-0.39, 0.29) is 5.97 Å². The minimum absolute atomic E-state index is 0.319. The molecule has 6 nitrogen and oxygen atoms in total. The summed E-state index contributed by atoms with van der Waals surface area (Å²) < 4.78 is 7.09. The molecule has 0 atom stereocenters. The van der Waals surface area contributed by atoms with Crippen LogP contribution in [0.25, 0.3) is 0 Å². The predicted molar refractivity (Wildman–Crippen MR) is 103 cm³/mol. The molecule has 2 aromatic rings. The highest BCUT2D eigenvalue weighted by molar-refractivity contribution is 5.90. The van der Waals surface area contributed by atoms with Crippen molar-refractivity contribution in [1.29, 1.82) is 0 Å². The number of pyridine rings is 1. The molecule has 3 heterocycles. The SMILES string of the molecule is COC(=O)c1ccncc1Cc1cnn(C2CCN(C3CCC3)CC2)c1C. The fraction of sp³-hybridized carbons (Fsp3) is 0.571. The lowest BCUT2D eigenvalue weighted by atomic mass is 9.89. The van der Waals surface area contributed by atoms with Crippen LogP contribution in [0.15, 0.2) is 24.7 Å². The van der Waals surface area contributed by atoms with Crippen LogP contribution in [-0.2, 0) is 11.2 Å². The molecule has 0 aromatic carbocycles. The zero-order valence-corrected chi connectivity index (χ0v) is 16.2. The Bertz CT molecular complexity index is 804. The van der Waals surface area contributed by atoms with Crippen molar-refractivity contribution in [2.24, 2.45) is 0 Å². The van der Waals surface area contributed by atoms with E-state index in [1.54, 1.807) is 18.5 Å². The number of hydrogen-bond donors (Lipinski definition) is 0. The van der Waals surface area contributed by atoms with Gasteiger partial charge in [0.2, 0.25) is 0 Å². The molecule has 0 amide bonds. The van der Waals surface area contributed by atoms with E-state index in [1.165, 1.54) is 58.0 Å². The van der Waals surface area contributed by atoms with E-state index in [0.717, 1.165) is 17.2 Å². The van der Waals surface area contributed by atoms with Crippen LogP contribution in [0.1, 0.15) is 65.3 Å². The monoisotopic (exact) mass is 368 g/mol. The van der Waals surface area contributed by atoms with Crippen molar-refractivity contribution in [3.05, 3.63) is 47.0 Å². The summed E-state index contributed by atoms with van der Waals surface area (Å²) in [7, 11) is 1.41. The molecule has 2 aliphatic rings. The normalized spacial score (nSPS) is 19.0. The summed E-state index contributed by atoms with van der Waals surface area (Å²) >= 11 is 0. The van der Waals surface area contributed by atoms with Crippen molar-refractivity contribution in [3.8, 4) is 0 Å². The zero-order valence-electron chi connectivity index (χ0n) is 16.2. The van der Waals surface area contributed by atoms with Crippen LogP contribution in [0.5, 0.6) is 0 Å². The van der Waals surface area contributed by atoms with Gasteiger partial charge in [0, 0.05) is 43.6 Å². The Morgan fingerprint density at radius 2 is 1.93 bits per heavy atom. The number of nitrogens with zero attached hydrogens (tertiary/aromatic N) is 4. The Morgan fingerprint density at radius 3 is 2.59 bits per heavy atom. The van der Waals surface area contributed by atoms with Crippen LogP contribution in [0.3, 0.4) is 0 Å². The van der Waals surface area contributed by atoms with Gasteiger partial charge in [0.15, 0.2) is 0 Å². The summed E-state index contributed by atoms with van der Waals surface area (Å²) in [5.41, 5.74) is 3.80. The van der Waals surface area contributed by atoms with Gasteiger partial charge >= 0.3 is 5.97 Å². The molecule has 0 spiro atoms. The number of likely N-dealkylation sites (tertiary alicyclic amines) is 1. The van der Waals surface area contributed by atoms with Gasteiger partial charge in [0.25, 0.3) is 0 Å². The van der Waals surface area contributed by atoms with Gasteiger partial charge in [-0.1, -0.05) is 6.42 Å². The number of esters is 1. The minimum atomic E-state index is -0.319. The lowest BCUT2D eigenvalue weighted by Crippen LogP contribution is -2.45. The van der Waals surface area contributed by atoms with E-state index in [4.69, 9.17) is 9.84 Å². The fourth-order valence-corrected chi connectivity index (χ4v) is 4.33. The molecule has 27 heavy (non-hydrogen) atoms. The minimum Gasteiger partial charge on any atom is -0.465 e. The van der Waals surface area contributed by atoms with E-state index >= 15 is 0 Å². The average molecular weight is 368 g/mol. The number of methoxy groups -OCH3 is 1. The molecule has 6 heteroatoms. The van der Waals surface area contributed by atoms with Crippen LogP contribution < -0.4 is 0 Å². The van der Waals surface area contributed by atoms with E-state index in [1.807, 2.05) is 6.20 Å². The van der Waals surface area contributed by atoms with E-state index < -0.39 is 0 Å². The van der Waals surface area contributed by atoms with Crippen molar-refractivity contribution in [2.75, 3.05) is 20.2 Å². The van der Waals surface area contributed by atoms with Crippen LogP contribution in [-0.4, -0.2) is 51.9 Å². The molecule has 1 aliphatic heterocycles. The second-order valence-electron chi connectivity index (χ2n) is 7.75. The lowest BCUT2D eigenvalue weighted by Gasteiger charge is -2.42. The Balaban J connectivity index is 1.46. The first-order valence-corrected chi connectivity index (χ1v) is 9.95. The maximum absolute atomic E-state index is 12.0. The molecular formula is C21H28N4O2. The quantitative estimate of drug-likeness (QED) is 0.759. The van der Waals surface area contributed by atoms with Gasteiger partial charge in [-0.05, 0) is 49.8 Å². The zero-order chi connectivity index (χ0) is 18.8. The Hall–Kier alpha value is -2.21. The van der Waals surface area contributed by atoms with E-state index in [9.17, 15) is 4.79 Å². The van der Waals surface area contributed by atoms with Crippen molar-refractivity contribution in [3.63, 3.8) is 0 Å². The summed E-state index contributed by atoms with van der Waals surface area (Å²) in [6.07, 6.45) is 12.5. The molecule has 144 valence electrons. The van der Waals surface area contributed by atoms with Crippen molar-refractivity contribution < 1.29 is 9.53 Å². The van der Waals surface area contributed by atoms with Gasteiger partial charge in [0.1, 0.15) is 0 Å². The summed E-state index contributed by atoms with van der Waals surface area (Å²) in [5.74, 6) is -0.319. The molecule has 4 rings (SSSR count). The summed E-state index contributed by atoms with van der Waals surface area (Å²) in [5, 5.41) is 4.70. The molecule has 1 saturated heterocycles. The number of hydrogen-bond acceptors (Lipinski definition) is 5. The first-order valence-electron chi connectivity index (χ1n) is 9.95. The van der Waals surface area contributed by atoms with E-state index in [2.05, 4.69) is 21.5 Å². The number of carbonyl (C=O) groups is 1. The van der Waals surface area contributed by atoms with Gasteiger partial charge in [-0.15, -0.1) is 0 Å². The molecule has 2 aromatic heterocycles. The first-order chi connectivity index (χ1) is 13.2. The van der Waals surface area contributed by atoms with Gasteiger partial charge in [0.05, 0.1) is 24.9 Å². The van der Waals surface area contributed by atoms with Gasteiger partial charge < -0.3 is 9.64 Å². The number of rotatable bonds is 5. The Kier molecular flexibility index (Phi) is 5.25. The molecule has 0 N–H and O–H groups in total. The van der Waals surface area contributed by atoms with Crippen molar-refractivity contribution in [1.82, 2.24) is 19.7 Å². The maximum atomic E-state index is 12.0. The highest BCUT2D eigenvalue weighted by atomic mass is 16.5. The van der Waals surface area contributed by atoms with Gasteiger partial charge in [-0.25, -0.2) is 4.79 Å². The topological polar surface area (TPSA) is 60.2 Å². The van der Waals surface area contributed by atoms with Crippen molar-refractivity contribution >= 4 is 5.97 Å². The summed E-state index contributed by atoms with van der Waals surface area (Å²) in [6, 6.07) is 3.03. The standard InChI is InChI=1S/C21H28N4O2/c1-15-16(12-17-13-22-9-6-20(17)21(26)27-2)14-23-25(15)19-7-10-24(11-8-19)18-4-3-5-18/h6,9,13-14,18-19H,3-5,7-8,10-12H2,1-2H3. The molecule has 1 aliphatic carbocycles. The van der Waals surface area contributed by atoms with Gasteiger partial charge in [-0.3, -0.25) is 9.67 Å². The third-order valence-corrected chi connectivity index (χ3v) is 6.27. The maximum Gasteiger partial charge on any atom is 0.338 e. The molecule has 0 bridgehead atoms. The predicted octanol–water partition coefficient (Wildman–Crippen LogP) is 3.15. The fourth-order valence-electron chi connectivity index (χ4n) is 4.33. The summed E-state index contributed by atoms with van der Waals surface area (Å²) in [4.78, 5) is 18.8. The molecular weight excluding hydrogens is 340 g/mol. The second kappa shape index (κ2) is 7.80.